The Morgan fingerprint density at radius 3 is 2.41 bits per heavy atom. The van der Waals surface area contributed by atoms with Gasteiger partial charge in [-0.15, -0.1) is 0 Å². The molecule has 0 radical (unpaired) electrons. The van der Waals surface area contributed by atoms with E-state index >= 15 is 0 Å². The quantitative estimate of drug-likeness (QED) is 0.584. The smallest absolute Gasteiger partial charge is 0.0818 e. The van der Waals surface area contributed by atoms with E-state index in [-0.39, 0.29) is 5.41 Å². The Labute approximate surface area is 183 Å². The van der Waals surface area contributed by atoms with Crippen LogP contribution in [0, 0.1) is 23.2 Å². The fourth-order valence-electron chi connectivity index (χ4n) is 7.25. The molecular formula is C26H40N2S. The van der Waals surface area contributed by atoms with E-state index in [1.54, 1.807) is 5.56 Å². The van der Waals surface area contributed by atoms with Gasteiger partial charge in [0, 0.05) is 11.5 Å². The first kappa shape index (κ1) is 21.3. The van der Waals surface area contributed by atoms with Crippen LogP contribution < -0.4 is 11.1 Å². The van der Waals surface area contributed by atoms with E-state index in [1.165, 1.54) is 69.2 Å². The van der Waals surface area contributed by atoms with E-state index in [9.17, 15) is 0 Å². The van der Waals surface area contributed by atoms with Crippen molar-refractivity contribution in [3.05, 3.63) is 35.9 Å². The highest BCUT2D eigenvalue weighted by Crippen LogP contribution is 2.60. The maximum absolute atomic E-state index is 6.23. The average Bonchev–Trinajstić information content (AvgIpc) is 2.74. The first-order valence-corrected chi connectivity index (χ1v) is 12.5. The minimum Gasteiger partial charge on any atom is -0.376 e. The highest BCUT2D eigenvalue weighted by molar-refractivity contribution is 7.80. The number of hydrogen-bond acceptors (Lipinski definition) is 2. The average molecular weight is 413 g/mol. The predicted octanol–water partition coefficient (Wildman–Crippen LogP) is 5.99. The van der Waals surface area contributed by atoms with Gasteiger partial charge in [0.25, 0.3) is 0 Å². The van der Waals surface area contributed by atoms with Gasteiger partial charge in [-0.05, 0) is 93.1 Å². The third kappa shape index (κ3) is 4.28. The second kappa shape index (κ2) is 8.67. The highest BCUT2D eigenvalue weighted by atomic mass is 32.1. The lowest BCUT2D eigenvalue weighted by Gasteiger charge is -2.57. The molecule has 4 unspecified atom stereocenters. The fourth-order valence-corrected chi connectivity index (χ4v) is 7.66. The number of nitrogens with one attached hydrogen (secondary N) is 1. The summed E-state index contributed by atoms with van der Waals surface area (Å²) in [4.78, 5) is 1.19. The first-order valence-electron chi connectivity index (χ1n) is 12.0. The van der Waals surface area contributed by atoms with Gasteiger partial charge in [-0.3, -0.25) is 0 Å². The van der Waals surface area contributed by atoms with Gasteiger partial charge in [0.05, 0.1) is 4.99 Å². The third-order valence-electron chi connectivity index (χ3n) is 8.47. The van der Waals surface area contributed by atoms with Gasteiger partial charge in [-0.1, -0.05) is 62.8 Å². The predicted molar refractivity (Wildman–Crippen MR) is 127 cm³/mol. The van der Waals surface area contributed by atoms with Crippen LogP contribution in [-0.2, 0) is 5.41 Å². The van der Waals surface area contributed by atoms with Crippen molar-refractivity contribution in [3.8, 4) is 0 Å². The van der Waals surface area contributed by atoms with Crippen molar-refractivity contribution >= 4 is 17.2 Å². The first-order chi connectivity index (χ1) is 14.0. The third-order valence-corrected chi connectivity index (χ3v) is 9.03. The van der Waals surface area contributed by atoms with Gasteiger partial charge in [0.2, 0.25) is 0 Å². The van der Waals surface area contributed by atoms with Gasteiger partial charge in [0.1, 0.15) is 0 Å². The van der Waals surface area contributed by atoms with E-state index in [4.69, 9.17) is 18.0 Å². The molecule has 3 fully saturated rings. The van der Waals surface area contributed by atoms with Crippen molar-refractivity contribution in [3.63, 3.8) is 0 Å². The molecule has 3 aliphatic rings. The number of rotatable bonds is 5. The number of thiocarbonyl (C=S) groups is 1. The molecule has 3 N–H and O–H groups in total. The molecule has 3 saturated carbocycles. The molecule has 0 aromatic heterocycles. The molecule has 0 heterocycles. The Kier molecular flexibility index (Phi) is 6.37. The molecule has 2 bridgehead atoms. The Morgan fingerprint density at radius 1 is 1.03 bits per heavy atom. The SMILES string of the molecule is CCC1CC2(C(=S)NC3CCC(CN)CC3)CC(C)CC(c3ccccc3)(C1)C2. The molecule has 2 nitrogen and oxygen atoms in total. The van der Waals surface area contributed by atoms with E-state index in [2.05, 4.69) is 49.5 Å². The normalized spacial score (nSPS) is 39.7. The van der Waals surface area contributed by atoms with Gasteiger partial charge in [0.15, 0.2) is 0 Å². The second-order valence-corrected chi connectivity index (χ2v) is 11.1. The summed E-state index contributed by atoms with van der Waals surface area (Å²) < 4.78 is 0. The molecule has 0 spiro atoms. The Bertz CT molecular complexity index is 696. The van der Waals surface area contributed by atoms with Crippen LogP contribution in [0.15, 0.2) is 30.3 Å². The van der Waals surface area contributed by atoms with Crippen molar-refractivity contribution in [2.24, 2.45) is 28.9 Å². The fraction of sp³-hybridized carbons (Fsp3) is 0.731. The van der Waals surface area contributed by atoms with Gasteiger partial charge in [-0.25, -0.2) is 0 Å². The molecule has 0 aliphatic heterocycles. The van der Waals surface area contributed by atoms with Crippen LogP contribution in [0.5, 0.6) is 0 Å². The zero-order valence-corrected chi connectivity index (χ0v) is 19.3. The summed E-state index contributed by atoms with van der Waals surface area (Å²) in [6, 6.07) is 11.9. The Hall–Kier alpha value is -0.930. The maximum Gasteiger partial charge on any atom is 0.0818 e. The number of fused-ring (bicyclic) bond motifs is 2. The molecular weight excluding hydrogens is 372 g/mol. The minimum absolute atomic E-state index is 0.187. The van der Waals surface area contributed by atoms with Gasteiger partial charge >= 0.3 is 0 Å². The lowest BCUT2D eigenvalue weighted by atomic mass is 9.48. The lowest BCUT2D eigenvalue weighted by Crippen LogP contribution is -2.56. The van der Waals surface area contributed by atoms with Crippen molar-refractivity contribution < 1.29 is 0 Å². The molecule has 0 saturated heterocycles. The van der Waals surface area contributed by atoms with Crippen LogP contribution in [0.3, 0.4) is 0 Å². The zero-order valence-electron chi connectivity index (χ0n) is 18.5. The van der Waals surface area contributed by atoms with Crippen molar-refractivity contribution in [1.82, 2.24) is 5.32 Å². The number of benzene rings is 1. The Balaban J connectivity index is 1.58. The molecule has 29 heavy (non-hydrogen) atoms. The molecule has 4 atom stereocenters. The summed E-state index contributed by atoms with van der Waals surface area (Å²) in [5.74, 6) is 2.23. The standard InChI is InChI=1S/C26H40N2S/c1-3-20-15-25(22-7-5-4-6-8-22)13-19(2)14-26(16-20,18-25)24(29)28-23-11-9-21(17-27)10-12-23/h4-8,19-21,23H,3,9-18,27H2,1-2H3,(H,28,29). The summed E-state index contributed by atoms with van der Waals surface area (Å²) in [6.45, 7) is 5.69. The van der Waals surface area contributed by atoms with E-state index < -0.39 is 0 Å². The molecule has 0 amide bonds. The van der Waals surface area contributed by atoms with E-state index in [1.807, 2.05) is 0 Å². The van der Waals surface area contributed by atoms with E-state index in [0.29, 0.717) is 11.5 Å². The van der Waals surface area contributed by atoms with Crippen LogP contribution in [0.1, 0.15) is 83.6 Å². The second-order valence-electron chi connectivity index (χ2n) is 10.7. The molecule has 3 heteroatoms. The number of hydrogen-bond donors (Lipinski definition) is 2. The van der Waals surface area contributed by atoms with Crippen molar-refractivity contribution in [2.45, 2.75) is 89.5 Å². The lowest BCUT2D eigenvalue weighted by molar-refractivity contribution is 0.0335. The van der Waals surface area contributed by atoms with Gasteiger partial charge < -0.3 is 11.1 Å². The molecule has 3 aliphatic carbocycles. The molecule has 1 aromatic rings. The molecule has 1 aromatic carbocycles. The topological polar surface area (TPSA) is 38.0 Å². The highest BCUT2D eigenvalue weighted by Gasteiger charge is 2.55. The zero-order chi connectivity index (χ0) is 20.5. The van der Waals surface area contributed by atoms with Crippen molar-refractivity contribution in [1.29, 1.82) is 0 Å². The maximum atomic E-state index is 6.23. The van der Waals surface area contributed by atoms with E-state index in [0.717, 1.165) is 24.3 Å². The minimum atomic E-state index is 0.187. The van der Waals surface area contributed by atoms with Crippen LogP contribution in [-0.4, -0.2) is 17.6 Å². The van der Waals surface area contributed by atoms with Crippen LogP contribution in [0.25, 0.3) is 0 Å². The summed E-state index contributed by atoms with van der Waals surface area (Å²) in [6.07, 6.45) is 12.7. The summed E-state index contributed by atoms with van der Waals surface area (Å²) in [5.41, 5.74) is 7.95. The van der Waals surface area contributed by atoms with Crippen LogP contribution in [0.4, 0.5) is 0 Å². The summed E-state index contributed by atoms with van der Waals surface area (Å²) in [7, 11) is 0. The largest absolute Gasteiger partial charge is 0.376 e. The summed E-state index contributed by atoms with van der Waals surface area (Å²) >= 11 is 6.23. The van der Waals surface area contributed by atoms with Crippen molar-refractivity contribution in [2.75, 3.05) is 6.54 Å². The van der Waals surface area contributed by atoms with Crippen LogP contribution >= 0.6 is 12.2 Å². The molecule has 160 valence electrons. The van der Waals surface area contributed by atoms with Crippen LogP contribution in [0.2, 0.25) is 0 Å². The summed E-state index contributed by atoms with van der Waals surface area (Å²) in [5, 5.41) is 3.90. The van der Waals surface area contributed by atoms with Gasteiger partial charge in [-0.2, -0.15) is 0 Å². The molecule has 4 rings (SSSR count). The Morgan fingerprint density at radius 2 is 1.76 bits per heavy atom. The monoisotopic (exact) mass is 412 g/mol. The number of nitrogens with two attached hydrogens (primary N) is 1.